The average molecular weight is 1030 g/mol. The molecule has 2 aromatic rings. The molecule has 1 aromatic carbocycles. The topological polar surface area (TPSA) is 253 Å². The Morgan fingerprint density at radius 3 is 2.24 bits per heavy atom. The van der Waals surface area contributed by atoms with Crippen LogP contribution in [0.15, 0.2) is 34.8 Å². The van der Waals surface area contributed by atoms with E-state index in [-0.39, 0.29) is 86.5 Å². The number of ether oxygens (including phenoxy) is 4. The van der Waals surface area contributed by atoms with Crippen LogP contribution in [-0.2, 0) is 54.3 Å². The third-order valence-electron chi connectivity index (χ3n) is 12.7. The monoisotopic (exact) mass is 1030 g/mol. The Bertz CT molecular complexity index is 2080. The van der Waals surface area contributed by atoms with Gasteiger partial charge in [-0.2, -0.15) is 0 Å². The van der Waals surface area contributed by atoms with E-state index in [1.807, 2.05) is 58.9 Å². The number of rotatable bonds is 29. The fraction of sp³-hybridized carbons (Fsp3) is 0.680. The summed E-state index contributed by atoms with van der Waals surface area (Å²) < 4.78 is 22.2. The van der Waals surface area contributed by atoms with Crippen LogP contribution >= 0.6 is 23.1 Å². The van der Waals surface area contributed by atoms with Crippen LogP contribution in [0.2, 0.25) is 0 Å². The number of hydrogen-bond acceptors (Lipinski definition) is 15. The van der Waals surface area contributed by atoms with Gasteiger partial charge in [0, 0.05) is 57.9 Å². The van der Waals surface area contributed by atoms with Gasteiger partial charge in [0.05, 0.1) is 79.5 Å². The second-order valence-electron chi connectivity index (χ2n) is 19.3. The summed E-state index contributed by atoms with van der Waals surface area (Å²) in [7, 11) is 0. The number of carbonyl (C=O) groups is 6. The van der Waals surface area contributed by atoms with Gasteiger partial charge in [-0.05, 0) is 74.2 Å². The molecule has 6 amide bonds. The first-order chi connectivity index (χ1) is 34.0. The molecule has 71 heavy (non-hydrogen) atoms. The van der Waals surface area contributed by atoms with Crippen molar-refractivity contribution in [1.29, 1.82) is 0 Å². The summed E-state index contributed by atoms with van der Waals surface area (Å²) in [5.41, 5.74) is 9.84. The first-order valence-corrected chi connectivity index (χ1v) is 26.9. The smallest absolute Gasteiger partial charge is 0.246 e. The lowest BCUT2D eigenvalue weighted by Gasteiger charge is -2.35. The lowest BCUT2D eigenvalue weighted by atomic mass is 9.81. The third kappa shape index (κ3) is 18.5. The number of aliphatic imine (C=N–C) groups is 1. The second kappa shape index (κ2) is 29.3. The number of benzene rings is 1. The van der Waals surface area contributed by atoms with Crippen LogP contribution in [0, 0.1) is 24.2 Å². The van der Waals surface area contributed by atoms with E-state index in [2.05, 4.69) is 25.9 Å². The summed E-state index contributed by atoms with van der Waals surface area (Å²) in [5, 5.41) is 18.9. The Morgan fingerprint density at radius 1 is 0.944 bits per heavy atom. The van der Waals surface area contributed by atoms with E-state index in [4.69, 9.17) is 24.7 Å². The molecule has 3 heterocycles. The number of nitrogens with two attached hydrogens (primary N) is 1. The molecule has 19 nitrogen and oxygen atoms in total. The van der Waals surface area contributed by atoms with Crippen LogP contribution in [0.5, 0.6) is 0 Å². The van der Waals surface area contributed by atoms with Crippen molar-refractivity contribution in [2.24, 2.45) is 28.0 Å². The molecule has 5 rings (SSSR count). The highest BCUT2D eigenvalue weighted by molar-refractivity contribution is 8.00. The Labute approximate surface area is 426 Å². The molecule has 0 spiro atoms. The second-order valence-corrected chi connectivity index (χ2v) is 21.5. The van der Waals surface area contributed by atoms with Crippen molar-refractivity contribution >= 4 is 64.4 Å². The molecule has 4 atom stereocenters. The minimum Gasteiger partial charge on any atom is -0.391 e. The van der Waals surface area contributed by atoms with E-state index < -0.39 is 35.4 Å². The number of thiazole rings is 1. The highest BCUT2D eigenvalue weighted by atomic mass is 32.2. The number of amidine groups is 1. The van der Waals surface area contributed by atoms with Gasteiger partial charge < -0.3 is 50.6 Å². The molecule has 1 saturated carbocycles. The third-order valence-corrected chi connectivity index (χ3v) is 15.0. The maximum Gasteiger partial charge on any atom is 0.246 e. The van der Waals surface area contributed by atoms with Crippen LogP contribution in [0.4, 0.5) is 0 Å². The summed E-state index contributed by atoms with van der Waals surface area (Å²) in [6.45, 7) is 12.8. The van der Waals surface area contributed by atoms with Gasteiger partial charge >= 0.3 is 0 Å². The zero-order valence-electron chi connectivity index (χ0n) is 42.1. The first-order valence-electron chi connectivity index (χ1n) is 24.9. The number of aliphatic hydroxyl groups is 1. The lowest BCUT2D eigenvalue weighted by Crippen LogP contribution is -2.58. The zero-order chi connectivity index (χ0) is 51.3. The van der Waals surface area contributed by atoms with Crippen molar-refractivity contribution in [3.63, 3.8) is 0 Å². The predicted octanol–water partition coefficient (Wildman–Crippen LogP) is 3.23. The number of hydrogen-bond donors (Lipinski definition) is 5. The van der Waals surface area contributed by atoms with Crippen molar-refractivity contribution in [1.82, 2.24) is 30.7 Å². The van der Waals surface area contributed by atoms with Crippen LogP contribution < -0.4 is 21.7 Å². The van der Waals surface area contributed by atoms with E-state index in [1.165, 1.54) is 21.6 Å². The maximum absolute atomic E-state index is 13.9. The van der Waals surface area contributed by atoms with Crippen molar-refractivity contribution in [3.05, 3.63) is 41.0 Å². The molecule has 2 saturated heterocycles. The van der Waals surface area contributed by atoms with Gasteiger partial charge in [-0.25, -0.2) is 4.98 Å². The Morgan fingerprint density at radius 2 is 1.61 bits per heavy atom. The summed E-state index contributed by atoms with van der Waals surface area (Å²) in [5.74, 6) is -0.0689. The van der Waals surface area contributed by atoms with Crippen molar-refractivity contribution in [2.75, 3.05) is 84.8 Å². The average Bonchev–Trinajstić information content (AvgIpc) is 4.04. The number of aryl methyl sites for hydroxylation is 1. The molecule has 4 unspecified atom stereocenters. The molecule has 0 bridgehead atoms. The number of nitrogens with one attached hydrogen (secondary N) is 3. The van der Waals surface area contributed by atoms with Crippen molar-refractivity contribution in [2.45, 2.75) is 116 Å². The molecule has 0 radical (unpaired) electrons. The predicted molar refractivity (Wildman–Crippen MR) is 272 cm³/mol. The van der Waals surface area contributed by atoms with Crippen LogP contribution in [0.25, 0.3) is 10.4 Å². The number of aliphatic hydroxyl groups excluding tert-OH is 1. The highest BCUT2D eigenvalue weighted by Gasteiger charge is 2.45. The SMILES string of the molecule is CCN=C(N)CCCSC1CC(=O)N(CC2CCC(C(=O)NCCOCCOCCOCCOCC(=O)NC(C(=O)N3CC(O)CC3C(=O)NCc3ccc(-c4scnc4C)cc3)C(C)(C)C)CC2)C1=O. The van der Waals surface area contributed by atoms with E-state index in [0.717, 1.165) is 46.7 Å². The van der Waals surface area contributed by atoms with E-state index in [9.17, 15) is 33.9 Å². The fourth-order valence-electron chi connectivity index (χ4n) is 8.80. The molecule has 3 aliphatic rings. The zero-order valence-corrected chi connectivity index (χ0v) is 43.8. The van der Waals surface area contributed by atoms with Gasteiger partial charge in [-0.15, -0.1) is 23.1 Å². The number of β-amino-alcohol motifs (C(OH)–C–C–N with tert-alkyl or cyclic N) is 1. The van der Waals surface area contributed by atoms with Gasteiger partial charge in [0.15, 0.2) is 0 Å². The maximum atomic E-state index is 13.9. The van der Waals surface area contributed by atoms with Crippen LogP contribution in [-0.4, -0.2) is 169 Å². The molecule has 1 aromatic heterocycles. The summed E-state index contributed by atoms with van der Waals surface area (Å²) in [6, 6.07) is 5.97. The first kappa shape index (κ1) is 57.4. The lowest BCUT2D eigenvalue weighted by molar-refractivity contribution is -0.144. The molecule has 2 aliphatic heterocycles. The molecule has 3 fully saturated rings. The normalized spacial score (nSPS) is 21.2. The Kier molecular flexibility index (Phi) is 23.6. The summed E-state index contributed by atoms with van der Waals surface area (Å²) >= 11 is 3.09. The molecular weight excluding hydrogens is 953 g/mol. The fourth-order valence-corrected chi connectivity index (χ4v) is 10.7. The molecule has 6 N–H and O–H groups in total. The number of likely N-dealkylation sites (tertiary alicyclic amines) is 2. The van der Waals surface area contributed by atoms with E-state index in [1.54, 1.807) is 16.8 Å². The van der Waals surface area contributed by atoms with E-state index in [0.29, 0.717) is 77.8 Å². The molecule has 1 aliphatic carbocycles. The number of imide groups is 1. The van der Waals surface area contributed by atoms with Gasteiger partial charge in [-0.1, -0.05) is 45.0 Å². The minimum absolute atomic E-state index is 0.00339. The Hall–Kier alpha value is -4.51. The molecule has 21 heteroatoms. The number of aromatic nitrogens is 1. The van der Waals surface area contributed by atoms with Gasteiger partial charge in [0.25, 0.3) is 0 Å². The minimum atomic E-state index is -0.975. The summed E-state index contributed by atoms with van der Waals surface area (Å²) in [6.07, 6.45) is 3.96. The number of carbonyl (C=O) groups excluding carboxylic acids is 6. The Balaban J connectivity index is 0.858. The van der Waals surface area contributed by atoms with Crippen molar-refractivity contribution < 1.29 is 52.8 Å². The number of nitrogens with zero attached hydrogens (tertiary/aromatic N) is 4. The van der Waals surface area contributed by atoms with Gasteiger partial charge in [0.1, 0.15) is 18.7 Å². The largest absolute Gasteiger partial charge is 0.391 e. The quantitative estimate of drug-likeness (QED) is 0.0340. The van der Waals surface area contributed by atoms with Crippen molar-refractivity contribution in [3.8, 4) is 10.4 Å². The van der Waals surface area contributed by atoms with Crippen LogP contribution in [0.3, 0.4) is 0 Å². The highest BCUT2D eigenvalue weighted by Crippen LogP contribution is 2.33. The van der Waals surface area contributed by atoms with Crippen LogP contribution in [0.1, 0.15) is 90.3 Å². The number of thioether (sulfide) groups is 1. The summed E-state index contributed by atoms with van der Waals surface area (Å²) in [4.78, 5) is 91.1. The van der Waals surface area contributed by atoms with E-state index >= 15 is 0 Å². The van der Waals surface area contributed by atoms with Gasteiger partial charge in [-0.3, -0.25) is 38.7 Å². The molecule has 394 valence electrons. The standard InChI is InChI=1S/C50H76N8O11S2/c1-6-52-41(51)8-7-25-70-40-27-43(61)58(48(40)64)29-35-11-15-37(16-12-35)46(62)53-17-18-66-19-20-67-21-22-68-23-24-69-31-42(60)56-45(50(3,4)5)49(65)57-30-38(59)26-39(57)47(63)54-28-34-9-13-36(14-10-34)44-33(2)55-32-71-44/h9-10,13-14,32,35,37-40,45,59H,6-8,11-12,15-31H2,1-5H3,(H2,51,52)(H,53,62)(H,54,63)(H,56,60). The van der Waals surface area contributed by atoms with Gasteiger partial charge in [0.2, 0.25) is 35.4 Å². The number of amides is 6. The molecular formula is C50H76N8O11S2.